The van der Waals surface area contributed by atoms with Crippen LogP contribution < -0.4 is 17.0 Å². The lowest BCUT2D eigenvalue weighted by Crippen LogP contribution is -3.00. The summed E-state index contributed by atoms with van der Waals surface area (Å²) in [5.74, 6) is 2.68. The van der Waals surface area contributed by atoms with Crippen LogP contribution in [0.4, 0.5) is 4.79 Å². The summed E-state index contributed by atoms with van der Waals surface area (Å²) in [6.45, 7) is 6.27. The molecule has 5 heteroatoms. The van der Waals surface area contributed by atoms with Crippen molar-refractivity contribution in [3.63, 3.8) is 0 Å². The molecule has 92 valence electrons. The van der Waals surface area contributed by atoms with Gasteiger partial charge in [0.25, 0.3) is 0 Å². The molecule has 0 spiro atoms. The quantitative estimate of drug-likeness (QED) is 0.417. The summed E-state index contributed by atoms with van der Waals surface area (Å²) in [5.41, 5.74) is 0. The van der Waals surface area contributed by atoms with Crippen LogP contribution in [0.15, 0.2) is 0 Å². The largest absolute Gasteiger partial charge is 1.00 e. The molecule has 0 saturated carbocycles. The van der Waals surface area contributed by atoms with E-state index in [1.165, 1.54) is 0 Å². The van der Waals surface area contributed by atoms with Gasteiger partial charge in [-0.05, 0) is 12.8 Å². The Morgan fingerprint density at radius 3 is 2.50 bits per heavy atom. The Hall–Kier alpha value is -0.730. The first-order valence-electron chi connectivity index (χ1n) is 5.30. The van der Waals surface area contributed by atoms with Gasteiger partial charge >= 0.3 is 6.09 Å². The van der Waals surface area contributed by atoms with E-state index < -0.39 is 0 Å². The number of carbonyl (C=O) groups is 1. The number of terminal acetylenes is 1. The highest BCUT2D eigenvalue weighted by Crippen LogP contribution is 2.10. The maximum Gasteiger partial charge on any atom is 0.410 e. The smallest absolute Gasteiger partial charge is 0.410 e. The van der Waals surface area contributed by atoms with Gasteiger partial charge in [-0.15, -0.1) is 6.42 Å². The number of piperazine rings is 1. The van der Waals surface area contributed by atoms with Gasteiger partial charge in [0, 0.05) is 0 Å². The third-order valence-corrected chi connectivity index (χ3v) is 2.82. The molecule has 1 saturated heterocycles. The molecule has 0 N–H and O–H groups in total. The minimum absolute atomic E-state index is 0. The third kappa shape index (κ3) is 4.03. The number of carbonyl (C=O) groups excluding carboxylic acids is 1. The zero-order valence-corrected chi connectivity index (χ0v) is 11.5. The van der Waals surface area contributed by atoms with E-state index in [9.17, 15) is 4.79 Å². The molecule has 0 atom stereocenters. The summed E-state index contributed by atoms with van der Waals surface area (Å²) in [4.78, 5) is 13.2. The van der Waals surface area contributed by atoms with Crippen LogP contribution in [-0.2, 0) is 4.74 Å². The Labute approximate surface area is 108 Å². The topological polar surface area (TPSA) is 29.5 Å². The van der Waals surface area contributed by atoms with E-state index in [2.05, 4.69) is 13.0 Å². The molecule has 0 aromatic rings. The van der Waals surface area contributed by atoms with Crippen molar-refractivity contribution in [2.45, 2.75) is 6.92 Å². The summed E-state index contributed by atoms with van der Waals surface area (Å²) in [6, 6.07) is 0. The van der Waals surface area contributed by atoms with E-state index in [1.807, 2.05) is 6.92 Å². The van der Waals surface area contributed by atoms with Crippen LogP contribution >= 0.6 is 0 Å². The van der Waals surface area contributed by atoms with Crippen LogP contribution in [0.5, 0.6) is 0 Å². The molecule has 1 aliphatic heterocycles. The van der Waals surface area contributed by atoms with E-state index in [0.717, 1.165) is 37.2 Å². The predicted molar refractivity (Wildman–Crippen MR) is 58.2 cm³/mol. The van der Waals surface area contributed by atoms with Crippen molar-refractivity contribution < 1.29 is 31.0 Å². The molecule has 0 radical (unpaired) electrons. The molecule has 1 aliphatic rings. The van der Waals surface area contributed by atoms with Gasteiger partial charge < -0.3 is 26.2 Å². The molecular weight excluding hydrogens is 272 g/mol. The van der Waals surface area contributed by atoms with Crippen LogP contribution in [0.25, 0.3) is 0 Å². The Bertz CT molecular complexity index is 268. The molecule has 0 aromatic carbocycles. The fourth-order valence-electron chi connectivity index (χ4n) is 1.72. The van der Waals surface area contributed by atoms with Gasteiger partial charge in [0.2, 0.25) is 0 Å². The first kappa shape index (κ1) is 15.3. The number of nitrogens with zero attached hydrogens (tertiary/aromatic N) is 2. The molecule has 0 aromatic heterocycles. The van der Waals surface area contributed by atoms with Crippen molar-refractivity contribution in [3.05, 3.63) is 0 Å². The van der Waals surface area contributed by atoms with Crippen LogP contribution in [0.1, 0.15) is 6.92 Å². The van der Waals surface area contributed by atoms with E-state index in [0.29, 0.717) is 6.61 Å². The first-order valence-corrected chi connectivity index (χ1v) is 5.30. The molecule has 1 heterocycles. The predicted octanol–water partition coefficient (Wildman–Crippen LogP) is -2.46. The van der Waals surface area contributed by atoms with E-state index >= 15 is 0 Å². The van der Waals surface area contributed by atoms with E-state index in [4.69, 9.17) is 11.2 Å². The second-order valence-corrected chi connectivity index (χ2v) is 4.11. The van der Waals surface area contributed by atoms with E-state index in [1.54, 1.807) is 4.90 Å². The van der Waals surface area contributed by atoms with Gasteiger partial charge in [-0.2, -0.15) is 0 Å². The van der Waals surface area contributed by atoms with Crippen molar-refractivity contribution in [1.29, 1.82) is 0 Å². The number of ether oxygens (including phenoxy) is 1. The van der Waals surface area contributed by atoms with Gasteiger partial charge in [0.1, 0.15) is 6.54 Å². The number of halogens is 1. The normalized spacial score (nSPS) is 18.2. The SMILES string of the molecule is C#CC[N+]1(C)CCN(C(=O)OCC)CC1.[Br-]. The summed E-state index contributed by atoms with van der Waals surface area (Å²) < 4.78 is 5.80. The number of amides is 1. The zero-order valence-electron chi connectivity index (χ0n) is 9.91. The number of hydrogen-bond acceptors (Lipinski definition) is 2. The molecule has 1 fully saturated rings. The van der Waals surface area contributed by atoms with Crippen molar-refractivity contribution in [1.82, 2.24) is 4.90 Å². The average molecular weight is 291 g/mol. The van der Waals surface area contributed by atoms with Gasteiger partial charge in [0.15, 0.2) is 0 Å². The maximum atomic E-state index is 11.4. The van der Waals surface area contributed by atoms with Gasteiger partial charge in [-0.25, -0.2) is 4.79 Å². The first-order chi connectivity index (χ1) is 7.11. The van der Waals surface area contributed by atoms with Crippen molar-refractivity contribution in [2.24, 2.45) is 0 Å². The number of quaternary nitrogens is 1. The molecule has 0 aliphatic carbocycles. The molecule has 1 amide bonds. The highest BCUT2D eigenvalue weighted by Gasteiger charge is 2.30. The molecule has 0 bridgehead atoms. The summed E-state index contributed by atoms with van der Waals surface area (Å²) in [5, 5.41) is 0. The Kier molecular flexibility index (Phi) is 6.46. The minimum atomic E-state index is -0.204. The lowest BCUT2D eigenvalue weighted by atomic mass is 10.2. The summed E-state index contributed by atoms with van der Waals surface area (Å²) in [6.07, 6.45) is 5.11. The second kappa shape index (κ2) is 6.77. The lowest BCUT2D eigenvalue weighted by molar-refractivity contribution is -0.906. The number of hydrogen-bond donors (Lipinski definition) is 0. The molecular formula is C11H19BrN2O2. The molecule has 0 unspecified atom stereocenters. The maximum absolute atomic E-state index is 11.4. The minimum Gasteiger partial charge on any atom is -1.00 e. The van der Waals surface area contributed by atoms with Gasteiger partial charge in [-0.3, -0.25) is 4.90 Å². The van der Waals surface area contributed by atoms with Crippen LogP contribution in [0.3, 0.4) is 0 Å². The Morgan fingerprint density at radius 1 is 1.50 bits per heavy atom. The van der Waals surface area contributed by atoms with Crippen LogP contribution in [0, 0.1) is 12.3 Å². The van der Waals surface area contributed by atoms with E-state index in [-0.39, 0.29) is 23.1 Å². The third-order valence-electron chi connectivity index (χ3n) is 2.82. The Morgan fingerprint density at radius 2 is 2.06 bits per heavy atom. The van der Waals surface area contributed by atoms with Crippen molar-refractivity contribution in [2.75, 3.05) is 46.4 Å². The van der Waals surface area contributed by atoms with Crippen molar-refractivity contribution in [3.8, 4) is 12.3 Å². The summed E-state index contributed by atoms with van der Waals surface area (Å²) >= 11 is 0. The Balaban J connectivity index is 0.00000225. The lowest BCUT2D eigenvalue weighted by Gasteiger charge is -2.40. The standard InChI is InChI=1S/C11H19N2O2.BrH/c1-4-8-13(3)9-6-12(7-10-13)11(14)15-5-2;/h1H,5-10H2,2-3H3;1H/q+1;/p-1. The highest BCUT2D eigenvalue weighted by atomic mass is 79.9. The molecule has 1 rings (SSSR count). The molecule has 16 heavy (non-hydrogen) atoms. The zero-order chi connectivity index (χ0) is 11.3. The molecule has 4 nitrogen and oxygen atoms in total. The van der Waals surface area contributed by atoms with Gasteiger partial charge in [-0.1, -0.05) is 0 Å². The van der Waals surface area contributed by atoms with Crippen molar-refractivity contribution >= 4 is 6.09 Å². The fraction of sp³-hybridized carbons (Fsp3) is 0.727. The van der Waals surface area contributed by atoms with Crippen LogP contribution in [-0.4, -0.2) is 61.9 Å². The fourth-order valence-corrected chi connectivity index (χ4v) is 1.72. The van der Waals surface area contributed by atoms with Crippen LogP contribution in [0.2, 0.25) is 0 Å². The average Bonchev–Trinajstić information content (AvgIpc) is 2.19. The van der Waals surface area contributed by atoms with Gasteiger partial charge in [0.05, 0.1) is 39.8 Å². The second-order valence-electron chi connectivity index (χ2n) is 4.11. The summed E-state index contributed by atoms with van der Waals surface area (Å²) in [7, 11) is 2.13. The number of rotatable bonds is 2. The number of likely N-dealkylation sites (N-methyl/N-ethyl adjacent to an activating group) is 1. The highest BCUT2D eigenvalue weighted by molar-refractivity contribution is 5.67. The monoisotopic (exact) mass is 290 g/mol.